The molecule has 0 aliphatic carbocycles. The van der Waals surface area contributed by atoms with Crippen molar-refractivity contribution in [2.75, 3.05) is 5.88 Å². The molecular weight excluding hydrogens is 377 g/mol. The summed E-state index contributed by atoms with van der Waals surface area (Å²) in [5.41, 5.74) is -0.924. The summed E-state index contributed by atoms with van der Waals surface area (Å²) in [7, 11) is 0. The van der Waals surface area contributed by atoms with Crippen molar-refractivity contribution >= 4 is 23.7 Å². The first-order chi connectivity index (χ1) is 11.4. The van der Waals surface area contributed by atoms with Gasteiger partial charge in [0, 0.05) is 0 Å². The van der Waals surface area contributed by atoms with E-state index in [1.165, 1.54) is 20.8 Å². The van der Waals surface area contributed by atoms with Crippen molar-refractivity contribution in [2.45, 2.75) is 32.4 Å². The lowest BCUT2D eigenvalue weighted by Gasteiger charge is -2.22. The number of amides is 1. The van der Waals surface area contributed by atoms with Crippen LogP contribution in [0.5, 0.6) is 5.75 Å². The predicted molar refractivity (Wildman–Crippen MR) is 75.7 cm³/mol. The van der Waals surface area contributed by atoms with Crippen LogP contribution in [0, 0.1) is 29.1 Å². The van der Waals surface area contributed by atoms with Gasteiger partial charge in [0.1, 0.15) is 11.6 Å². The third kappa shape index (κ3) is 5.18. The Morgan fingerprint density at radius 1 is 1.00 bits per heavy atom. The quantitative estimate of drug-likeness (QED) is 0.214. The molecule has 1 aromatic rings. The van der Waals surface area contributed by atoms with Gasteiger partial charge in [-0.2, -0.15) is 8.78 Å². The molecule has 0 aliphatic heterocycles. The van der Waals surface area contributed by atoms with E-state index in [9.17, 15) is 31.5 Å². The first kappa shape index (κ1) is 20.9. The minimum Gasteiger partial charge on any atom is -0.444 e. The van der Waals surface area contributed by atoms with Gasteiger partial charge in [-0.1, -0.05) is 0 Å². The lowest BCUT2D eigenvalue weighted by Crippen LogP contribution is -2.46. The second-order valence-electron chi connectivity index (χ2n) is 5.67. The van der Waals surface area contributed by atoms with Crippen molar-refractivity contribution in [1.29, 1.82) is 0 Å². The molecule has 0 bridgehead atoms. The Balaban J connectivity index is 2.99. The highest BCUT2D eigenvalue weighted by Gasteiger charge is 2.31. The maximum atomic E-state index is 13.5. The number of hydrogen-bond acceptors (Lipinski definition) is 4. The van der Waals surface area contributed by atoms with Gasteiger partial charge in [-0.15, -0.1) is 11.6 Å². The van der Waals surface area contributed by atoms with Gasteiger partial charge >= 0.3 is 12.1 Å². The van der Waals surface area contributed by atoms with Crippen LogP contribution in [-0.4, -0.2) is 29.6 Å². The number of esters is 1. The number of rotatable bonds is 4. The number of nitrogens with one attached hydrogen (secondary N) is 1. The first-order valence-corrected chi connectivity index (χ1v) is 7.21. The molecule has 11 heteroatoms. The number of ether oxygens (including phenoxy) is 2. The molecule has 0 radical (unpaired) electrons. The first-order valence-electron chi connectivity index (χ1n) is 6.67. The molecule has 25 heavy (non-hydrogen) atoms. The third-order valence-electron chi connectivity index (χ3n) is 2.50. The van der Waals surface area contributed by atoms with Gasteiger partial charge in [-0.3, -0.25) is 0 Å². The fraction of sp³-hybridized carbons (Fsp3) is 0.429. The zero-order valence-corrected chi connectivity index (χ0v) is 13.9. The normalized spacial score (nSPS) is 12.5. The van der Waals surface area contributed by atoms with Crippen LogP contribution in [-0.2, 0) is 9.53 Å². The molecule has 1 atom stereocenters. The molecule has 0 fully saturated rings. The van der Waals surface area contributed by atoms with Crippen molar-refractivity contribution in [3.8, 4) is 5.75 Å². The second-order valence-corrected chi connectivity index (χ2v) is 5.98. The van der Waals surface area contributed by atoms with E-state index in [-0.39, 0.29) is 0 Å². The molecule has 1 aromatic carbocycles. The van der Waals surface area contributed by atoms with Crippen LogP contribution in [0.25, 0.3) is 0 Å². The molecule has 0 saturated carbocycles. The maximum Gasteiger partial charge on any atom is 0.408 e. The fourth-order valence-electron chi connectivity index (χ4n) is 1.46. The van der Waals surface area contributed by atoms with Crippen LogP contribution in [0.4, 0.5) is 26.7 Å². The highest BCUT2D eigenvalue weighted by molar-refractivity contribution is 6.20. The molecule has 5 nitrogen and oxygen atoms in total. The van der Waals surface area contributed by atoms with Gasteiger partial charge in [0.25, 0.3) is 0 Å². The Bertz CT molecular complexity index is 664. The van der Waals surface area contributed by atoms with Crippen LogP contribution >= 0.6 is 11.6 Å². The summed E-state index contributed by atoms with van der Waals surface area (Å²) in [6.45, 7) is 4.57. The van der Waals surface area contributed by atoms with Gasteiger partial charge in [0.2, 0.25) is 34.8 Å². The van der Waals surface area contributed by atoms with Crippen LogP contribution in [0.1, 0.15) is 20.8 Å². The fourth-order valence-corrected chi connectivity index (χ4v) is 1.66. The number of hydrogen-bond donors (Lipinski definition) is 1. The van der Waals surface area contributed by atoms with Crippen LogP contribution in [0.2, 0.25) is 0 Å². The Morgan fingerprint density at radius 3 is 1.84 bits per heavy atom. The summed E-state index contributed by atoms with van der Waals surface area (Å²) in [6.07, 6.45) is -1.10. The Morgan fingerprint density at radius 2 is 1.44 bits per heavy atom. The van der Waals surface area contributed by atoms with E-state index in [0.29, 0.717) is 0 Å². The molecule has 0 spiro atoms. The SMILES string of the molecule is CC(C)(C)OC(=O)NC(CCl)C(=O)Oc1c(F)c(F)c(F)c(F)c1F. The summed E-state index contributed by atoms with van der Waals surface area (Å²) in [5.74, 6) is -15.6. The van der Waals surface area contributed by atoms with Gasteiger partial charge in [0.15, 0.2) is 0 Å². The van der Waals surface area contributed by atoms with E-state index >= 15 is 0 Å². The van der Waals surface area contributed by atoms with E-state index in [4.69, 9.17) is 16.3 Å². The molecule has 1 N–H and O–H groups in total. The molecular formula is C14H13ClF5NO4. The topological polar surface area (TPSA) is 64.6 Å². The van der Waals surface area contributed by atoms with Gasteiger partial charge in [-0.05, 0) is 20.8 Å². The van der Waals surface area contributed by atoms with E-state index in [1.807, 2.05) is 5.32 Å². The van der Waals surface area contributed by atoms with E-state index in [0.717, 1.165) is 0 Å². The molecule has 0 saturated heterocycles. The van der Waals surface area contributed by atoms with E-state index < -0.39 is 64.4 Å². The Kier molecular flexibility index (Phi) is 6.58. The number of carbonyl (C=O) groups is 2. The van der Waals surface area contributed by atoms with Gasteiger partial charge in [0.05, 0.1) is 5.88 Å². The highest BCUT2D eigenvalue weighted by atomic mass is 35.5. The number of alkyl halides is 1. The summed E-state index contributed by atoms with van der Waals surface area (Å²) in [5, 5.41) is 1.95. The average molecular weight is 390 g/mol. The molecule has 0 heterocycles. The van der Waals surface area contributed by atoms with Crippen LogP contribution < -0.4 is 10.1 Å². The van der Waals surface area contributed by atoms with Crippen molar-refractivity contribution in [1.82, 2.24) is 5.32 Å². The lowest BCUT2D eigenvalue weighted by molar-refractivity contribution is -0.136. The zero-order chi connectivity index (χ0) is 19.5. The number of carbonyl (C=O) groups excluding carboxylic acids is 2. The van der Waals surface area contributed by atoms with Crippen LogP contribution in [0.3, 0.4) is 0 Å². The smallest absolute Gasteiger partial charge is 0.408 e. The maximum absolute atomic E-state index is 13.5. The Labute approximate surface area is 144 Å². The van der Waals surface area contributed by atoms with E-state index in [1.54, 1.807) is 0 Å². The van der Waals surface area contributed by atoms with Crippen molar-refractivity contribution in [3.05, 3.63) is 29.1 Å². The molecule has 0 aromatic heterocycles. The minimum absolute atomic E-state index is 0.618. The minimum atomic E-state index is -2.41. The molecule has 0 aliphatic rings. The zero-order valence-electron chi connectivity index (χ0n) is 13.2. The molecule has 1 rings (SSSR count). The summed E-state index contributed by atoms with van der Waals surface area (Å²) >= 11 is 5.44. The van der Waals surface area contributed by atoms with Gasteiger partial charge in [-0.25, -0.2) is 22.8 Å². The van der Waals surface area contributed by atoms with Crippen molar-refractivity contribution < 1.29 is 41.0 Å². The number of benzene rings is 1. The van der Waals surface area contributed by atoms with Gasteiger partial charge < -0.3 is 14.8 Å². The summed E-state index contributed by atoms with van der Waals surface area (Å²) < 4.78 is 75.0. The van der Waals surface area contributed by atoms with Crippen molar-refractivity contribution in [3.63, 3.8) is 0 Å². The summed E-state index contributed by atoms with van der Waals surface area (Å²) in [4.78, 5) is 23.4. The predicted octanol–water partition coefficient (Wildman–Crippen LogP) is 3.42. The molecule has 1 unspecified atom stereocenters. The largest absolute Gasteiger partial charge is 0.444 e. The van der Waals surface area contributed by atoms with E-state index in [2.05, 4.69) is 4.74 Å². The van der Waals surface area contributed by atoms with Crippen molar-refractivity contribution in [2.24, 2.45) is 0 Å². The monoisotopic (exact) mass is 389 g/mol. The van der Waals surface area contributed by atoms with Crippen LogP contribution in [0.15, 0.2) is 0 Å². The summed E-state index contributed by atoms with van der Waals surface area (Å²) in [6, 6.07) is -1.66. The number of alkyl carbamates (subject to hydrolysis) is 1. The Hall–Kier alpha value is -2.10. The molecule has 140 valence electrons. The molecule has 1 amide bonds. The lowest BCUT2D eigenvalue weighted by atomic mass is 10.2. The average Bonchev–Trinajstić information content (AvgIpc) is 2.51. The number of halogens is 6. The second kappa shape index (κ2) is 7.85. The highest BCUT2D eigenvalue weighted by Crippen LogP contribution is 2.29. The standard InChI is InChI=1S/C14H13ClF5NO4/c1-14(2,3)25-13(23)21-5(4-15)12(22)24-11-9(19)7(17)6(16)8(18)10(11)20/h5H,4H2,1-3H3,(H,21,23). The third-order valence-corrected chi connectivity index (χ3v) is 2.81.